The van der Waals surface area contributed by atoms with Crippen molar-refractivity contribution >= 4 is 56.5 Å². The number of benzene rings is 1. The van der Waals surface area contributed by atoms with Crippen LogP contribution in [-0.2, 0) is 11.2 Å². The zero-order valence-electron chi connectivity index (χ0n) is 13.7. The Morgan fingerprint density at radius 2 is 2.20 bits per heavy atom. The quantitative estimate of drug-likeness (QED) is 0.488. The summed E-state index contributed by atoms with van der Waals surface area (Å²) in [6.45, 7) is 2.11. The molecule has 0 unspecified atom stereocenters. The number of ether oxygens (including phenoxy) is 1. The molecule has 25 heavy (non-hydrogen) atoms. The topological polar surface area (TPSA) is 64.1 Å². The van der Waals surface area contributed by atoms with Gasteiger partial charge >= 0.3 is 0 Å². The van der Waals surface area contributed by atoms with Gasteiger partial charge in [0.05, 0.1) is 17.9 Å². The fourth-order valence-electron chi connectivity index (χ4n) is 2.25. The lowest BCUT2D eigenvalue weighted by atomic mass is 10.3. The summed E-state index contributed by atoms with van der Waals surface area (Å²) < 4.78 is 5.10. The minimum absolute atomic E-state index is 0.121. The largest absolute Gasteiger partial charge is 0.495 e. The second-order valence-electron chi connectivity index (χ2n) is 5.15. The summed E-state index contributed by atoms with van der Waals surface area (Å²) >= 11 is 9.13. The van der Waals surface area contributed by atoms with E-state index in [9.17, 15) is 4.79 Å². The first kappa shape index (κ1) is 18.0. The molecular formula is C17H16ClN3O2S2. The van der Waals surface area contributed by atoms with Crippen LogP contribution in [0.3, 0.4) is 0 Å². The normalized spacial score (nSPS) is 10.8. The summed E-state index contributed by atoms with van der Waals surface area (Å²) in [6, 6.07) is 7.24. The lowest BCUT2D eigenvalue weighted by Crippen LogP contribution is -2.14. The highest BCUT2D eigenvalue weighted by Gasteiger charge is 2.11. The Labute approximate surface area is 158 Å². The number of carbonyl (C=O) groups excluding carboxylic acids is 1. The summed E-state index contributed by atoms with van der Waals surface area (Å²) in [5.41, 5.74) is 0.632. The number of aromatic nitrogens is 2. The zero-order chi connectivity index (χ0) is 17.8. The molecule has 0 radical (unpaired) electrons. The van der Waals surface area contributed by atoms with E-state index in [1.165, 1.54) is 16.6 Å². The fourth-order valence-corrected chi connectivity index (χ4v) is 4.28. The van der Waals surface area contributed by atoms with Gasteiger partial charge in [-0.05, 0) is 30.7 Å². The zero-order valence-corrected chi connectivity index (χ0v) is 16.1. The standard InChI is InChI=1S/C17H16ClN3O2S2/c1-3-11-7-12-16(19-9-20-17(12)25-11)24-8-15(22)21-10-4-5-14(23-2)13(18)6-10/h4-7,9H,3,8H2,1-2H3,(H,21,22). The van der Waals surface area contributed by atoms with Gasteiger partial charge in [-0.1, -0.05) is 30.3 Å². The van der Waals surface area contributed by atoms with Crippen LogP contribution < -0.4 is 10.1 Å². The molecule has 0 atom stereocenters. The third kappa shape index (κ3) is 4.23. The molecule has 8 heteroatoms. The average molecular weight is 394 g/mol. The van der Waals surface area contributed by atoms with Crippen molar-refractivity contribution in [2.45, 2.75) is 18.4 Å². The summed E-state index contributed by atoms with van der Waals surface area (Å²) in [5, 5.41) is 5.11. The highest BCUT2D eigenvalue weighted by Crippen LogP contribution is 2.31. The Kier molecular flexibility index (Phi) is 5.78. The lowest BCUT2D eigenvalue weighted by Gasteiger charge is -2.08. The van der Waals surface area contributed by atoms with Crippen LogP contribution in [0.4, 0.5) is 5.69 Å². The van der Waals surface area contributed by atoms with E-state index in [0.717, 1.165) is 21.7 Å². The number of amides is 1. The molecule has 1 aromatic carbocycles. The monoisotopic (exact) mass is 393 g/mol. The number of hydrogen-bond donors (Lipinski definition) is 1. The first-order valence-electron chi connectivity index (χ1n) is 7.60. The van der Waals surface area contributed by atoms with Crippen LogP contribution in [0.15, 0.2) is 35.6 Å². The van der Waals surface area contributed by atoms with Crippen LogP contribution >= 0.6 is 34.7 Å². The number of anilines is 1. The lowest BCUT2D eigenvalue weighted by molar-refractivity contribution is -0.113. The molecule has 0 fully saturated rings. The van der Waals surface area contributed by atoms with Crippen LogP contribution in [0.25, 0.3) is 10.2 Å². The Hall–Kier alpha value is -1.83. The first-order chi connectivity index (χ1) is 12.1. The number of nitrogens with one attached hydrogen (secondary N) is 1. The van der Waals surface area contributed by atoms with E-state index in [1.807, 2.05) is 0 Å². The summed E-state index contributed by atoms with van der Waals surface area (Å²) in [5.74, 6) is 0.707. The number of fused-ring (bicyclic) bond motifs is 1. The minimum atomic E-state index is -0.121. The van der Waals surface area contributed by atoms with Crippen LogP contribution in [0, 0.1) is 0 Å². The molecule has 1 amide bonds. The molecule has 3 aromatic rings. The molecule has 1 N–H and O–H groups in total. The van der Waals surface area contributed by atoms with E-state index in [-0.39, 0.29) is 11.7 Å². The number of hydrogen-bond acceptors (Lipinski definition) is 6. The van der Waals surface area contributed by atoms with Crippen molar-refractivity contribution in [2.24, 2.45) is 0 Å². The Morgan fingerprint density at radius 1 is 1.36 bits per heavy atom. The molecular weight excluding hydrogens is 378 g/mol. The third-order valence-electron chi connectivity index (χ3n) is 3.47. The van der Waals surface area contributed by atoms with E-state index in [0.29, 0.717) is 16.5 Å². The van der Waals surface area contributed by atoms with Crippen LogP contribution in [0.2, 0.25) is 5.02 Å². The van der Waals surface area contributed by atoms with Crippen molar-refractivity contribution in [3.63, 3.8) is 0 Å². The van der Waals surface area contributed by atoms with Gasteiger partial charge in [-0.25, -0.2) is 9.97 Å². The Morgan fingerprint density at radius 3 is 2.92 bits per heavy atom. The van der Waals surface area contributed by atoms with Gasteiger partial charge in [-0.2, -0.15) is 0 Å². The van der Waals surface area contributed by atoms with Gasteiger partial charge in [0.15, 0.2) is 0 Å². The second-order valence-corrected chi connectivity index (χ2v) is 7.64. The number of halogens is 1. The van der Waals surface area contributed by atoms with E-state index in [1.54, 1.807) is 43.0 Å². The van der Waals surface area contributed by atoms with Gasteiger partial charge in [0, 0.05) is 16.0 Å². The number of aryl methyl sites for hydroxylation is 1. The predicted octanol–water partition coefficient (Wildman–Crippen LogP) is 4.65. The number of rotatable bonds is 6. The minimum Gasteiger partial charge on any atom is -0.495 e. The average Bonchev–Trinajstić information content (AvgIpc) is 3.04. The van der Waals surface area contributed by atoms with E-state index >= 15 is 0 Å². The van der Waals surface area contributed by atoms with Crippen LogP contribution in [-0.4, -0.2) is 28.7 Å². The number of thiophene rings is 1. The van der Waals surface area contributed by atoms with E-state index in [2.05, 4.69) is 28.3 Å². The summed E-state index contributed by atoms with van der Waals surface area (Å²) in [6.07, 6.45) is 2.51. The fraction of sp³-hybridized carbons (Fsp3) is 0.235. The molecule has 0 aliphatic heterocycles. The molecule has 0 spiro atoms. The van der Waals surface area contributed by atoms with Gasteiger partial charge in [0.1, 0.15) is 21.9 Å². The number of methoxy groups -OCH3 is 1. The van der Waals surface area contributed by atoms with Gasteiger partial charge < -0.3 is 10.1 Å². The van der Waals surface area contributed by atoms with Crippen molar-refractivity contribution in [3.05, 3.63) is 40.5 Å². The molecule has 3 rings (SSSR count). The van der Waals surface area contributed by atoms with Crippen molar-refractivity contribution in [1.29, 1.82) is 0 Å². The third-order valence-corrected chi connectivity index (χ3v) is 5.96. The highest BCUT2D eigenvalue weighted by molar-refractivity contribution is 8.00. The predicted molar refractivity (Wildman–Crippen MR) is 104 cm³/mol. The molecule has 0 saturated heterocycles. The Balaban J connectivity index is 1.66. The molecule has 0 aliphatic rings. The number of carbonyl (C=O) groups is 1. The van der Waals surface area contributed by atoms with Crippen LogP contribution in [0.1, 0.15) is 11.8 Å². The number of nitrogens with zero attached hydrogens (tertiary/aromatic N) is 2. The Bertz CT molecular complexity index is 914. The molecule has 0 saturated carbocycles. The maximum Gasteiger partial charge on any atom is 0.234 e. The molecule has 5 nitrogen and oxygen atoms in total. The molecule has 2 aromatic heterocycles. The summed E-state index contributed by atoms with van der Waals surface area (Å²) in [7, 11) is 1.55. The van der Waals surface area contributed by atoms with Gasteiger partial charge in [0.2, 0.25) is 5.91 Å². The molecule has 2 heterocycles. The first-order valence-corrected chi connectivity index (χ1v) is 9.78. The van der Waals surface area contributed by atoms with Gasteiger partial charge in [-0.15, -0.1) is 11.3 Å². The van der Waals surface area contributed by atoms with Crippen molar-refractivity contribution < 1.29 is 9.53 Å². The van der Waals surface area contributed by atoms with Crippen molar-refractivity contribution in [3.8, 4) is 5.75 Å². The van der Waals surface area contributed by atoms with E-state index < -0.39 is 0 Å². The highest BCUT2D eigenvalue weighted by atomic mass is 35.5. The molecule has 0 bridgehead atoms. The second kappa shape index (κ2) is 8.03. The van der Waals surface area contributed by atoms with Crippen molar-refractivity contribution in [1.82, 2.24) is 9.97 Å². The van der Waals surface area contributed by atoms with E-state index in [4.69, 9.17) is 16.3 Å². The van der Waals surface area contributed by atoms with Crippen molar-refractivity contribution in [2.75, 3.05) is 18.2 Å². The number of thioether (sulfide) groups is 1. The SMILES string of the molecule is CCc1cc2c(SCC(=O)Nc3ccc(OC)c(Cl)c3)ncnc2s1. The smallest absolute Gasteiger partial charge is 0.234 e. The maximum atomic E-state index is 12.2. The molecule has 130 valence electrons. The van der Waals surface area contributed by atoms with Crippen LogP contribution in [0.5, 0.6) is 5.75 Å². The summed E-state index contributed by atoms with van der Waals surface area (Å²) in [4.78, 5) is 23.0. The van der Waals surface area contributed by atoms with Gasteiger partial charge in [-0.3, -0.25) is 4.79 Å². The van der Waals surface area contributed by atoms with Gasteiger partial charge in [0.25, 0.3) is 0 Å². The molecule has 0 aliphatic carbocycles. The maximum absolute atomic E-state index is 12.2.